The van der Waals surface area contributed by atoms with Gasteiger partial charge in [0.1, 0.15) is 5.69 Å². The predicted molar refractivity (Wildman–Crippen MR) is 75.8 cm³/mol. The van der Waals surface area contributed by atoms with Crippen molar-refractivity contribution in [3.05, 3.63) is 35.1 Å². The fourth-order valence-electron chi connectivity index (χ4n) is 1.71. The molecule has 0 aliphatic heterocycles. The van der Waals surface area contributed by atoms with Crippen LogP contribution in [-0.4, -0.2) is 42.2 Å². The van der Waals surface area contributed by atoms with Crippen molar-refractivity contribution < 1.29 is 9.53 Å². The Labute approximate surface area is 116 Å². The summed E-state index contributed by atoms with van der Waals surface area (Å²) in [6, 6.07) is 1.84. The average Bonchev–Trinajstić information content (AvgIpc) is 2.75. The zero-order valence-electron chi connectivity index (χ0n) is 10.9. The lowest BCUT2D eigenvalue weighted by atomic mass is 10.3. The third-order valence-corrected chi connectivity index (χ3v) is 3.06. The summed E-state index contributed by atoms with van der Waals surface area (Å²) >= 11 is 3.40. The number of rotatable bonds is 7. The number of carbonyl (C=O) groups is 1. The zero-order chi connectivity index (χ0) is 13.5. The number of methoxy groups -OCH3 is 1. The zero-order valence-corrected chi connectivity index (χ0v) is 12.4. The van der Waals surface area contributed by atoms with Crippen molar-refractivity contribution in [1.29, 1.82) is 0 Å². The predicted octanol–water partition coefficient (Wildman–Crippen LogP) is 2.55. The first-order valence-electron chi connectivity index (χ1n) is 5.88. The van der Waals surface area contributed by atoms with E-state index in [0.29, 0.717) is 25.4 Å². The molecule has 0 atom stereocenters. The Morgan fingerprint density at radius 1 is 1.67 bits per heavy atom. The van der Waals surface area contributed by atoms with Crippen molar-refractivity contribution in [2.75, 3.05) is 26.8 Å². The van der Waals surface area contributed by atoms with Gasteiger partial charge >= 0.3 is 0 Å². The normalized spacial score (nSPS) is 10.4. The molecule has 5 heteroatoms. The second-order valence-corrected chi connectivity index (χ2v) is 4.78. The molecule has 0 fully saturated rings. The van der Waals surface area contributed by atoms with Gasteiger partial charge in [-0.15, -0.1) is 6.58 Å². The van der Waals surface area contributed by atoms with Crippen LogP contribution in [0, 0.1) is 0 Å². The highest BCUT2D eigenvalue weighted by Gasteiger charge is 2.18. The molecule has 0 spiro atoms. The number of hydrogen-bond acceptors (Lipinski definition) is 2. The molecule has 0 aliphatic carbocycles. The Balaban J connectivity index is 2.89. The molecule has 0 N–H and O–H groups in total. The van der Waals surface area contributed by atoms with Crippen molar-refractivity contribution in [3.8, 4) is 0 Å². The summed E-state index contributed by atoms with van der Waals surface area (Å²) in [5.74, 6) is -0.000463. The van der Waals surface area contributed by atoms with Gasteiger partial charge in [0.25, 0.3) is 5.91 Å². The highest BCUT2D eigenvalue weighted by atomic mass is 79.9. The van der Waals surface area contributed by atoms with Crippen LogP contribution < -0.4 is 0 Å². The number of ether oxygens (including phenoxy) is 1. The van der Waals surface area contributed by atoms with Gasteiger partial charge in [-0.1, -0.05) is 6.08 Å². The van der Waals surface area contributed by atoms with E-state index in [-0.39, 0.29) is 5.91 Å². The largest absolute Gasteiger partial charge is 0.383 e. The molecule has 0 aromatic carbocycles. The van der Waals surface area contributed by atoms with Crippen LogP contribution in [0.2, 0.25) is 0 Å². The summed E-state index contributed by atoms with van der Waals surface area (Å²) < 4.78 is 7.86. The minimum absolute atomic E-state index is 0.000463. The SMILES string of the molecule is C=CCN(CCOC)C(=O)c1cc(Br)cn1CC. The quantitative estimate of drug-likeness (QED) is 0.725. The van der Waals surface area contributed by atoms with Crippen molar-refractivity contribution >= 4 is 21.8 Å². The van der Waals surface area contributed by atoms with Gasteiger partial charge in [0.2, 0.25) is 0 Å². The van der Waals surface area contributed by atoms with Crippen LogP contribution in [0.4, 0.5) is 0 Å². The molecule has 0 saturated heterocycles. The van der Waals surface area contributed by atoms with E-state index in [9.17, 15) is 4.79 Å². The summed E-state index contributed by atoms with van der Waals surface area (Å²) in [6.45, 7) is 8.06. The molecular formula is C13H19BrN2O2. The molecular weight excluding hydrogens is 296 g/mol. The minimum atomic E-state index is -0.000463. The van der Waals surface area contributed by atoms with Crippen LogP contribution in [0.3, 0.4) is 0 Å². The van der Waals surface area contributed by atoms with E-state index in [4.69, 9.17) is 4.74 Å². The first-order chi connectivity index (χ1) is 8.63. The van der Waals surface area contributed by atoms with Gasteiger partial charge in [-0.2, -0.15) is 0 Å². The van der Waals surface area contributed by atoms with Gasteiger partial charge < -0.3 is 14.2 Å². The maximum Gasteiger partial charge on any atom is 0.270 e. The van der Waals surface area contributed by atoms with Crippen LogP contribution in [0.15, 0.2) is 29.4 Å². The van der Waals surface area contributed by atoms with Crippen LogP contribution in [0.5, 0.6) is 0 Å². The number of halogens is 1. The Morgan fingerprint density at radius 3 is 2.94 bits per heavy atom. The standard InChI is InChI=1S/C13H19BrN2O2/c1-4-6-16(7-8-18-3)13(17)12-9-11(14)10-15(12)5-2/h4,9-10H,1,5-8H2,2-3H3. The first-order valence-corrected chi connectivity index (χ1v) is 6.68. The Morgan fingerprint density at radius 2 is 2.39 bits per heavy atom. The van der Waals surface area contributed by atoms with E-state index in [1.54, 1.807) is 18.1 Å². The van der Waals surface area contributed by atoms with Crippen LogP contribution in [-0.2, 0) is 11.3 Å². The molecule has 0 bridgehead atoms. The van der Waals surface area contributed by atoms with Gasteiger partial charge in [-0.25, -0.2) is 0 Å². The van der Waals surface area contributed by atoms with Gasteiger partial charge in [-0.05, 0) is 28.9 Å². The summed E-state index contributed by atoms with van der Waals surface area (Å²) in [7, 11) is 1.63. The maximum absolute atomic E-state index is 12.4. The highest BCUT2D eigenvalue weighted by molar-refractivity contribution is 9.10. The lowest BCUT2D eigenvalue weighted by Crippen LogP contribution is -2.35. The molecule has 0 aliphatic rings. The molecule has 4 nitrogen and oxygen atoms in total. The van der Waals surface area contributed by atoms with E-state index < -0.39 is 0 Å². The number of nitrogens with zero attached hydrogens (tertiary/aromatic N) is 2. The van der Waals surface area contributed by atoms with Crippen LogP contribution >= 0.6 is 15.9 Å². The summed E-state index contributed by atoms with van der Waals surface area (Å²) in [6.07, 6.45) is 3.64. The Hall–Kier alpha value is -1.07. The molecule has 100 valence electrons. The Bertz CT molecular complexity index is 415. The number of carbonyl (C=O) groups excluding carboxylic acids is 1. The lowest BCUT2D eigenvalue weighted by molar-refractivity contribution is 0.0708. The third kappa shape index (κ3) is 3.71. The van der Waals surface area contributed by atoms with E-state index >= 15 is 0 Å². The van der Waals surface area contributed by atoms with Crippen LogP contribution in [0.25, 0.3) is 0 Å². The average molecular weight is 315 g/mol. The first kappa shape index (κ1) is 15.0. The monoisotopic (exact) mass is 314 g/mol. The molecule has 1 rings (SSSR count). The van der Waals surface area contributed by atoms with E-state index in [1.165, 1.54) is 0 Å². The topological polar surface area (TPSA) is 34.5 Å². The maximum atomic E-state index is 12.4. The molecule has 1 heterocycles. The van der Waals surface area contributed by atoms with Gasteiger partial charge in [0.15, 0.2) is 0 Å². The van der Waals surface area contributed by atoms with E-state index in [2.05, 4.69) is 22.5 Å². The molecule has 1 aromatic rings. The van der Waals surface area contributed by atoms with E-state index in [0.717, 1.165) is 11.0 Å². The second-order valence-electron chi connectivity index (χ2n) is 3.86. The molecule has 0 unspecified atom stereocenters. The van der Waals surface area contributed by atoms with Gasteiger partial charge in [0.05, 0.1) is 6.61 Å². The third-order valence-electron chi connectivity index (χ3n) is 2.63. The minimum Gasteiger partial charge on any atom is -0.383 e. The smallest absolute Gasteiger partial charge is 0.270 e. The molecule has 0 radical (unpaired) electrons. The van der Waals surface area contributed by atoms with E-state index in [1.807, 2.05) is 23.8 Å². The number of aromatic nitrogens is 1. The highest BCUT2D eigenvalue weighted by Crippen LogP contribution is 2.16. The van der Waals surface area contributed by atoms with Crippen molar-refractivity contribution in [2.45, 2.75) is 13.5 Å². The number of hydrogen-bond donors (Lipinski definition) is 0. The number of amides is 1. The molecule has 1 aromatic heterocycles. The summed E-state index contributed by atoms with van der Waals surface area (Å²) in [5, 5.41) is 0. The fraction of sp³-hybridized carbons (Fsp3) is 0.462. The lowest BCUT2D eigenvalue weighted by Gasteiger charge is -2.21. The number of aryl methyl sites for hydroxylation is 1. The molecule has 18 heavy (non-hydrogen) atoms. The Kier molecular flexibility index (Phi) is 6.15. The van der Waals surface area contributed by atoms with Crippen molar-refractivity contribution in [1.82, 2.24) is 9.47 Å². The van der Waals surface area contributed by atoms with Crippen LogP contribution in [0.1, 0.15) is 17.4 Å². The fourth-order valence-corrected chi connectivity index (χ4v) is 2.17. The van der Waals surface area contributed by atoms with Crippen molar-refractivity contribution in [2.24, 2.45) is 0 Å². The van der Waals surface area contributed by atoms with Crippen molar-refractivity contribution in [3.63, 3.8) is 0 Å². The van der Waals surface area contributed by atoms with Gasteiger partial charge in [-0.3, -0.25) is 4.79 Å². The summed E-state index contributed by atoms with van der Waals surface area (Å²) in [5.41, 5.74) is 0.683. The second kappa shape index (κ2) is 7.38. The summed E-state index contributed by atoms with van der Waals surface area (Å²) in [4.78, 5) is 14.1. The molecule has 0 saturated carbocycles. The molecule has 1 amide bonds. The van der Waals surface area contributed by atoms with Gasteiger partial charge in [0, 0.05) is 37.4 Å².